The summed E-state index contributed by atoms with van der Waals surface area (Å²) in [5.74, 6) is 2.82. The molecule has 0 amide bonds. The number of benzene rings is 1. The van der Waals surface area contributed by atoms with Crippen molar-refractivity contribution in [3.63, 3.8) is 0 Å². The first-order valence-electron chi connectivity index (χ1n) is 11.4. The lowest BCUT2D eigenvalue weighted by Crippen LogP contribution is -2.48. The van der Waals surface area contributed by atoms with E-state index in [0.717, 1.165) is 30.7 Å². The average Bonchev–Trinajstić information content (AvgIpc) is 2.69. The predicted molar refractivity (Wildman–Crippen MR) is 122 cm³/mol. The van der Waals surface area contributed by atoms with Crippen LogP contribution in [-0.2, 0) is 6.42 Å². The maximum Gasteiger partial charge on any atom is 0.122 e. The molecule has 0 spiro atoms. The number of ether oxygens (including phenoxy) is 1. The number of piperazine rings is 1. The summed E-state index contributed by atoms with van der Waals surface area (Å²) in [6.07, 6.45) is 9.70. The van der Waals surface area contributed by atoms with E-state index in [2.05, 4.69) is 47.9 Å². The van der Waals surface area contributed by atoms with Crippen molar-refractivity contribution in [3.05, 3.63) is 29.8 Å². The van der Waals surface area contributed by atoms with Gasteiger partial charge in [0.15, 0.2) is 0 Å². The Morgan fingerprint density at radius 1 is 0.964 bits per heavy atom. The van der Waals surface area contributed by atoms with Gasteiger partial charge in [-0.2, -0.15) is 0 Å². The van der Waals surface area contributed by atoms with Crippen molar-refractivity contribution in [1.29, 1.82) is 0 Å². The molecule has 0 N–H and O–H groups in total. The summed E-state index contributed by atoms with van der Waals surface area (Å²) < 4.78 is 6.22. The summed E-state index contributed by atoms with van der Waals surface area (Å²) in [6, 6.07) is 8.71. The molecule has 2 aliphatic rings. The fraction of sp³-hybridized carbons (Fsp3) is 0.750. The Hall–Kier alpha value is -0.770. The molecule has 3 rings (SSSR count). The third-order valence-electron chi connectivity index (χ3n) is 6.27. The molecule has 1 aliphatic heterocycles. The Morgan fingerprint density at radius 2 is 1.64 bits per heavy atom. The number of nitrogens with zero attached hydrogens (tertiary/aromatic N) is 2. The number of rotatable bonds is 9. The molecule has 2 fully saturated rings. The van der Waals surface area contributed by atoms with E-state index in [4.69, 9.17) is 4.74 Å². The highest BCUT2D eigenvalue weighted by Gasteiger charge is 2.18. The topological polar surface area (TPSA) is 15.7 Å². The van der Waals surface area contributed by atoms with Gasteiger partial charge in [0, 0.05) is 39.3 Å². The molecule has 1 saturated carbocycles. The minimum absolute atomic E-state index is 0. The third-order valence-corrected chi connectivity index (χ3v) is 6.27. The number of aryl methyl sites for hydroxylation is 1. The molecule has 1 saturated heterocycles. The highest BCUT2D eigenvalue weighted by Crippen LogP contribution is 2.29. The van der Waals surface area contributed by atoms with Gasteiger partial charge in [-0.3, -0.25) is 4.90 Å². The second-order valence-corrected chi connectivity index (χ2v) is 9.03. The van der Waals surface area contributed by atoms with Gasteiger partial charge in [-0.1, -0.05) is 64.2 Å². The van der Waals surface area contributed by atoms with Crippen LogP contribution in [-0.4, -0.2) is 55.7 Å². The van der Waals surface area contributed by atoms with Crippen LogP contribution in [0.4, 0.5) is 0 Å². The van der Waals surface area contributed by atoms with Crippen LogP contribution in [0.5, 0.6) is 5.75 Å². The Kier molecular flexibility index (Phi) is 10.7. The summed E-state index contributed by atoms with van der Waals surface area (Å²) in [5.41, 5.74) is 1.41. The standard InChI is InChI=1S/C24H40N2O.ClH/c1-21(2)20-26-16-14-25(15-17-26)18-19-27-24-11-7-6-10-23(24)13-12-22-8-4-3-5-9-22;/h6-7,10-11,21-22H,3-5,8-9,12-20H2,1-2H3;1H. The number of halogens is 1. The molecular formula is C24H41ClN2O. The minimum atomic E-state index is 0. The van der Waals surface area contributed by atoms with Crippen molar-refractivity contribution in [2.45, 2.75) is 58.8 Å². The third kappa shape index (κ3) is 7.93. The van der Waals surface area contributed by atoms with Crippen LogP contribution < -0.4 is 4.74 Å². The molecule has 0 radical (unpaired) electrons. The van der Waals surface area contributed by atoms with E-state index in [-0.39, 0.29) is 12.4 Å². The molecule has 1 aliphatic carbocycles. The molecule has 0 aromatic heterocycles. The van der Waals surface area contributed by atoms with Crippen LogP contribution in [0.3, 0.4) is 0 Å². The molecule has 1 aromatic carbocycles. The molecule has 0 unspecified atom stereocenters. The second-order valence-electron chi connectivity index (χ2n) is 9.03. The van der Waals surface area contributed by atoms with E-state index in [0.29, 0.717) is 0 Å². The molecule has 1 heterocycles. The predicted octanol–water partition coefficient (Wildman–Crippen LogP) is 5.27. The van der Waals surface area contributed by atoms with Crippen LogP contribution in [0.15, 0.2) is 24.3 Å². The van der Waals surface area contributed by atoms with Crippen LogP contribution in [0.2, 0.25) is 0 Å². The minimum Gasteiger partial charge on any atom is -0.492 e. The summed E-state index contributed by atoms with van der Waals surface area (Å²) in [4.78, 5) is 5.16. The van der Waals surface area contributed by atoms with E-state index in [1.807, 2.05) is 0 Å². The molecular weight excluding hydrogens is 368 g/mol. The summed E-state index contributed by atoms with van der Waals surface area (Å²) in [7, 11) is 0. The first kappa shape index (κ1) is 23.5. The van der Waals surface area contributed by atoms with Gasteiger partial charge >= 0.3 is 0 Å². The fourth-order valence-electron chi connectivity index (χ4n) is 4.68. The number of hydrogen-bond donors (Lipinski definition) is 0. The lowest BCUT2D eigenvalue weighted by molar-refractivity contribution is 0.109. The van der Waals surface area contributed by atoms with E-state index in [1.54, 1.807) is 0 Å². The van der Waals surface area contributed by atoms with Gasteiger partial charge in [0.1, 0.15) is 12.4 Å². The maximum absolute atomic E-state index is 6.22. The van der Waals surface area contributed by atoms with E-state index < -0.39 is 0 Å². The number of para-hydroxylation sites is 1. The van der Waals surface area contributed by atoms with Crippen molar-refractivity contribution in [3.8, 4) is 5.75 Å². The van der Waals surface area contributed by atoms with Gasteiger partial charge in [0.2, 0.25) is 0 Å². The zero-order valence-electron chi connectivity index (χ0n) is 18.1. The number of hydrogen-bond acceptors (Lipinski definition) is 3. The first-order valence-corrected chi connectivity index (χ1v) is 11.4. The van der Waals surface area contributed by atoms with E-state index >= 15 is 0 Å². The molecule has 28 heavy (non-hydrogen) atoms. The summed E-state index contributed by atoms with van der Waals surface area (Å²) in [5, 5.41) is 0. The van der Waals surface area contributed by atoms with E-state index in [1.165, 1.54) is 83.2 Å². The van der Waals surface area contributed by atoms with Crippen molar-refractivity contribution in [1.82, 2.24) is 9.80 Å². The lowest BCUT2D eigenvalue weighted by Gasteiger charge is -2.35. The average molecular weight is 409 g/mol. The van der Waals surface area contributed by atoms with Gasteiger partial charge in [0.25, 0.3) is 0 Å². The maximum atomic E-state index is 6.22. The quantitative estimate of drug-likeness (QED) is 0.553. The Labute approximate surface area is 179 Å². The monoisotopic (exact) mass is 408 g/mol. The highest BCUT2D eigenvalue weighted by molar-refractivity contribution is 5.85. The van der Waals surface area contributed by atoms with Crippen molar-refractivity contribution < 1.29 is 4.74 Å². The molecule has 3 nitrogen and oxygen atoms in total. The normalized spacial score (nSPS) is 19.5. The van der Waals surface area contributed by atoms with Crippen LogP contribution in [0, 0.1) is 11.8 Å². The van der Waals surface area contributed by atoms with Crippen LogP contribution in [0.25, 0.3) is 0 Å². The molecule has 0 bridgehead atoms. The smallest absolute Gasteiger partial charge is 0.122 e. The Bertz CT molecular complexity index is 537. The van der Waals surface area contributed by atoms with Crippen molar-refractivity contribution >= 4 is 12.4 Å². The zero-order valence-corrected chi connectivity index (χ0v) is 18.9. The molecule has 0 atom stereocenters. The molecule has 1 aromatic rings. The zero-order chi connectivity index (χ0) is 18.9. The van der Waals surface area contributed by atoms with Gasteiger partial charge < -0.3 is 9.64 Å². The fourth-order valence-corrected chi connectivity index (χ4v) is 4.68. The van der Waals surface area contributed by atoms with Gasteiger partial charge in [-0.05, 0) is 36.3 Å². The van der Waals surface area contributed by atoms with E-state index in [9.17, 15) is 0 Å². The van der Waals surface area contributed by atoms with Crippen molar-refractivity contribution in [2.75, 3.05) is 45.9 Å². The lowest BCUT2D eigenvalue weighted by atomic mass is 9.85. The molecule has 160 valence electrons. The van der Waals surface area contributed by atoms with Gasteiger partial charge in [-0.15, -0.1) is 12.4 Å². The van der Waals surface area contributed by atoms with Crippen LogP contribution >= 0.6 is 12.4 Å². The SMILES string of the molecule is CC(C)CN1CCN(CCOc2ccccc2CCC2CCCCC2)CC1.Cl. The Morgan fingerprint density at radius 3 is 2.36 bits per heavy atom. The van der Waals surface area contributed by atoms with Crippen LogP contribution in [0.1, 0.15) is 57.9 Å². The van der Waals surface area contributed by atoms with Crippen molar-refractivity contribution in [2.24, 2.45) is 11.8 Å². The summed E-state index contributed by atoms with van der Waals surface area (Å²) >= 11 is 0. The highest BCUT2D eigenvalue weighted by atomic mass is 35.5. The second kappa shape index (κ2) is 12.7. The van der Waals surface area contributed by atoms with Gasteiger partial charge in [-0.25, -0.2) is 0 Å². The van der Waals surface area contributed by atoms with Gasteiger partial charge in [0.05, 0.1) is 0 Å². The summed E-state index contributed by atoms with van der Waals surface area (Å²) in [6.45, 7) is 12.5. The molecule has 4 heteroatoms. The largest absolute Gasteiger partial charge is 0.492 e. The first-order chi connectivity index (χ1) is 13.2. The Balaban J connectivity index is 0.00000280.